The van der Waals surface area contributed by atoms with Gasteiger partial charge in [0.2, 0.25) is 0 Å². The molecule has 0 spiro atoms. The van der Waals surface area contributed by atoms with Crippen molar-refractivity contribution in [2.24, 2.45) is 13.0 Å². The number of rotatable bonds is 5. The molecule has 1 N–H and O–H groups in total. The highest BCUT2D eigenvalue weighted by molar-refractivity contribution is 7.89. The first kappa shape index (κ1) is 13.7. The molecule has 8 heteroatoms. The summed E-state index contributed by atoms with van der Waals surface area (Å²) < 4.78 is 26.3. The predicted molar refractivity (Wildman–Crippen MR) is 59.8 cm³/mol. The number of aryl methyl sites for hydroxylation is 1. The second kappa shape index (κ2) is 4.84. The molecule has 0 aliphatic rings. The maximum atomic E-state index is 12.0. The third-order valence-electron chi connectivity index (χ3n) is 2.40. The number of nitrogens with zero attached hydrogens (tertiary/aromatic N) is 3. The number of aromatic nitrogens is 2. The van der Waals surface area contributed by atoms with Gasteiger partial charge in [0.25, 0.3) is 10.0 Å². The van der Waals surface area contributed by atoms with Crippen molar-refractivity contribution >= 4 is 16.0 Å². The van der Waals surface area contributed by atoms with Gasteiger partial charge in [0.15, 0.2) is 5.03 Å². The monoisotopic (exact) mass is 261 g/mol. The maximum absolute atomic E-state index is 12.0. The lowest BCUT2D eigenvalue weighted by molar-refractivity contribution is -0.141. The van der Waals surface area contributed by atoms with Gasteiger partial charge in [0.1, 0.15) is 0 Å². The summed E-state index contributed by atoms with van der Waals surface area (Å²) in [6.45, 7) is 1.38. The molecule has 1 aromatic heterocycles. The second-order valence-corrected chi connectivity index (χ2v) is 5.81. The van der Waals surface area contributed by atoms with Crippen LogP contribution in [0.25, 0.3) is 0 Å². The highest BCUT2D eigenvalue weighted by Gasteiger charge is 2.26. The number of hydrogen-bond acceptors (Lipinski definition) is 4. The number of carboxylic acid groups (broad SMARTS) is 1. The Morgan fingerprint density at radius 3 is 2.65 bits per heavy atom. The molecule has 0 aromatic carbocycles. The molecule has 0 radical (unpaired) electrons. The topological polar surface area (TPSA) is 92.5 Å². The summed E-state index contributed by atoms with van der Waals surface area (Å²) >= 11 is 0. The van der Waals surface area contributed by atoms with Gasteiger partial charge in [-0.25, -0.2) is 8.42 Å². The SMILES string of the molecule is CC(CN(C)S(=O)(=O)c1ccnn1C)C(=O)O. The van der Waals surface area contributed by atoms with E-state index in [0.717, 1.165) is 4.31 Å². The van der Waals surface area contributed by atoms with E-state index >= 15 is 0 Å². The first-order valence-corrected chi connectivity index (χ1v) is 6.38. The van der Waals surface area contributed by atoms with E-state index in [1.807, 2.05) is 0 Å². The molecule has 1 unspecified atom stereocenters. The van der Waals surface area contributed by atoms with Crippen LogP contribution in [-0.4, -0.2) is 47.2 Å². The van der Waals surface area contributed by atoms with Crippen molar-refractivity contribution in [3.63, 3.8) is 0 Å². The lowest BCUT2D eigenvalue weighted by Gasteiger charge is -2.18. The van der Waals surface area contributed by atoms with Crippen molar-refractivity contribution in [1.29, 1.82) is 0 Å². The van der Waals surface area contributed by atoms with Crippen LogP contribution < -0.4 is 0 Å². The first-order valence-electron chi connectivity index (χ1n) is 4.94. The van der Waals surface area contributed by atoms with Gasteiger partial charge in [-0.1, -0.05) is 6.92 Å². The van der Waals surface area contributed by atoms with Crippen molar-refractivity contribution in [3.8, 4) is 0 Å². The summed E-state index contributed by atoms with van der Waals surface area (Å²) in [7, 11) is -0.820. The van der Waals surface area contributed by atoms with Crippen molar-refractivity contribution in [2.45, 2.75) is 11.9 Å². The van der Waals surface area contributed by atoms with Gasteiger partial charge >= 0.3 is 5.97 Å². The Balaban J connectivity index is 2.93. The molecule has 0 saturated heterocycles. The van der Waals surface area contributed by atoms with Crippen LogP contribution in [0.3, 0.4) is 0 Å². The molecule has 17 heavy (non-hydrogen) atoms. The minimum Gasteiger partial charge on any atom is -0.481 e. The van der Waals surface area contributed by atoms with E-state index in [9.17, 15) is 13.2 Å². The van der Waals surface area contributed by atoms with Crippen LogP contribution in [0.1, 0.15) is 6.92 Å². The Kier molecular flexibility index (Phi) is 3.89. The molecule has 0 saturated carbocycles. The predicted octanol–water partition coefficient (Wildman–Crippen LogP) is -0.239. The quantitative estimate of drug-likeness (QED) is 0.789. The van der Waals surface area contributed by atoms with Crippen molar-refractivity contribution in [1.82, 2.24) is 14.1 Å². The number of carboxylic acids is 1. The van der Waals surface area contributed by atoms with E-state index in [0.29, 0.717) is 0 Å². The zero-order chi connectivity index (χ0) is 13.2. The zero-order valence-corrected chi connectivity index (χ0v) is 10.7. The van der Waals surface area contributed by atoms with Gasteiger partial charge in [0.05, 0.1) is 12.1 Å². The fourth-order valence-electron chi connectivity index (χ4n) is 1.34. The second-order valence-electron chi connectivity index (χ2n) is 3.82. The van der Waals surface area contributed by atoms with E-state index in [1.54, 1.807) is 0 Å². The molecule has 1 aromatic rings. The lowest BCUT2D eigenvalue weighted by Crippen LogP contribution is -2.34. The Hall–Kier alpha value is -1.41. The van der Waals surface area contributed by atoms with E-state index in [1.165, 1.54) is 38.0 Å². The highest BCUT2D eigenvalue weighted by atomic mass is 32.2. The Morgan fingerprint density at radius 1 is 1.65 bits per heavy atom. The minimum atomic E-state index is -3.68. The molecule has 0 bridgehead atoms. The fourth-order valence-corrected chi connectivity index (χ4v) is 2.69. The third-order valence-corrected chi connectivity index (χ3v) is 4.30. The van der Waals surface area contributed by atoms with Crippen molar-refractivity contribution < 1.29 is 18.3 Å². The van der Waals surface area contributed by atoms with Crippen molar-refractivity contribution in [2.75, 3.05) is 13.6 Å². The van der Waals surface area contributed by atoms with Crippen LogP contribution in [0, 0.1) is 5.92 Å². The number of aliphatic carboxylic acids is 1. The van der Waals surface area contributed by atoms with Crippen LogP contribution in [0.15, 0.2) is 17.3 Å². The highest BCUT2D eigenvalue weighted by Crippen LogP contribution is 2.14. The normalized spacial score (nSPS) is 13.9. The molecule has 7 nitrogen and oxygen atoms in total. The van der Waals surface area contributed by atoms with E-state index in [4.69, 9.17) is 5.11 Å². The molecule has 0 fully saturated rings. The van der Waals surface area contributed by atoms with Gasteiger partial charge in [-0.3, -0.25) is 9.48 Å². The number of hydrogen-bond donors (Lipinski definition) is 1. The van der Waals surface area contributed by atoms with Crippen LogP contribution in [0.5, 0.6) is 0 Å². The van der Waals surface area contributed by atoms with E-state index in [-0.39, 0.29) is 11.6 Å². The van der Waals surface area contributed by atoms with Gasteiger partial charge in [-0.15, -0.1) is 0 Å². The average Bonchev–Trinajstić information content (AvgIpc) is 2.64. The summed E-state index contributed by atoms with van der Waals surface area (Å²) in [6.07, 6.45) is 1.38. The summed E-state index contributed by atoms with van der Waals surface area (Å²) in [5, 5.41) is 12.6. The first-order chi connectivity index (χ1) is 7.76. The van der Waals surface area contributed by atoms with Crippen LogP contribution >= 0.6 is 0 Å². The minimum absolute atomic E-state index is 0.0394. The number of sulfonamides is 1. The van der Waals surface area contributed by atoms with Gasteiger partial charge < -0.3 is 5.11 Å². The lowest BCUT2D eigenvalue weighted by atomic mass is 10.2. The molecule has 1 atom stereocenters. The smallest absolute Gasteiger partial charge is 0.307 e. The standard InChI is InChI=1S/C9H15N3O4S/c1-7(9(13)14)6-11(2)17(15,16)8-4-5-10-12(8)3/h4-5,7H,6H2,1-3H3,(H,13,14). The molecule has 0 aliphatic carbocycles. The maximum Gasteiger partial charge on any atom is 0.307 e. The summed E-state index contributed by atoms with van der Waals surface area (Å²) in [5.74, 6) is -1.79. The van der Waals surface area contributed by atoms with Crippen LogP contribution in [0.4, 0.5) is 0 Å². The van der Waals surface area contributed by atoms with Crippen LogP contribution in [-0.2, 0) is 21.9 Å². The molecular weight excluding hydrogens is 246 g/mol. The fraction of sp³-hybridized carbons (Fsp3) is 0.556. The summed E-state index contributed by atoms with van der Waals surface area (Å²) in [6, 6.07) is 1.37. The van der Waals surface area contributed by atoms with Crippen molar-refractivity contribution in [3.05, 3.63) is 12.3 Å². The summed E-state index contributed by atoms with van der Waals surface area (Å²) in [5.41, 5.74) is 0. The number of carbonyl (C=O) groups is 1. The van der Waals surface area contributed by atoms with Gasteiger partial charge in [-0.05, 0) is 6.07 Å². The molecule has 0 aliphatic heterocycles. The van der Waals surface area contributed by atoms with E-state index in [2.05, 4.69) is 5.10 Å². The summed E-state index contributed by atoms with van der Waals surface area (Å²) in [4.78, 5) is 10.7. The average molecular weight is 261 g/mol. The zero-order valence-electron chi connectivity index (χ0n) is 9.86. The Labute approximate surface area is 99.7 Å². The molecule has 1 heterocycles. The van der Waals surface area contributed by atoms with E-state index < -0.39 is 21.9 Å². The van der Waals surface area contributed by atoms with Crippen LogP contribution in [0.2, 0.25) is 0 Å². The molecule has 0 amide bonds. The van der Waals surface area contributed by atoms with Gasteiger partial charge in [-0.2, -0.15) is 9.40 Å². The van der Waals surface area contributed by atoms with Gasteiger partial charge in [0, 0.05) is 20.6 Å². The molecular formula is C9H15N3O4S. The molecule has 96 valence electrons. The Bertz CT molecular complexity index is 508. The third kappa shape index (κ3) is 2.83. The largest absolute Gasteiger partial charge is 0.481 e. The Morgan fingerprint density at radius 2 is 2.24 bits per heavy atom. The molecule has 1 rings (SSSR count).